The van der Waals surface area contributed by atoms with Gasteiger partial charge in [0.2, 0.25) is 10.0 Å². The van der Waals surface area contributed by atoms with Crippen molar-refractivity contribution in [2.24, 2.45) is 5.73 Å². The summed E-state index contributed by atoms with van der Waals surface area (Å²) in [5.74, 6) is 0. The fourth-order valence-electron chi connectivity index (χ4n) is 1.55. The van der Waals surface area contributed by atoms with Crippen molar-refractivity contribution in [2.75, 3.05) is 6.54 Å². The molecule has 0 aromatic carbocycles. The minimum Gasteiger partial charge on any atom is -0.392 e. The lowest BCUT2D eigenvalue weighted by Gasteiger charge is -2.28. The third-order valence-corrected chi connectivity index (χ3v) is 5.64. The van der Waals surface area contributed by atoms with Crippen LogP contribution >= 0.6 is 12.2 Å². The first-order valence-corrected chi connectivity index (χ1v) is 7.96. The molecule has 0 rings (SSSR count). The third-order valence-electron chi connectivity index (χ3n) is 2.73. The Bertz CT molecular complexity index is 339. The Morgan fingerprint density at radius 3 is 2.18 bits per heavy atom. The molecular formula is C11H24N2O2S2. The van der Waals surface area contributed by atoms with Gasteiger partial charge in [0, 0.05) is 12.6 Å². The van der Waals surface area contributed by atoms with Gasteiger partial charge in [-0.1, -0.05) is 32.0 Å². The van der Waals surface area contributed by atoms with E-state index in [4.69, 9.17) is 18.0 Å². The van der Waals surface area contributed by atoms with Gasteiger partial charge in [0.25, 0.3) is 0 Å². The molecule has 2 N–H and O–H groups in total. The Hall–Kier alpha value is -0.200. The average molecular weight is 280 g/mol. The molecule has 0 spiro atoms. The predicted octanol–water partition coefficient (Wildman–Crippen LogP) is 1.89. The molecule has 0 bridgehead atoms. The molecule has 0 heterocycles. The third kappa shape index (κ3) is 4.89. The zero-order valence-electron chi connectivity index (χ0n) is 11.1. The molecular weight excluding hydrogens is 256 g/mol. The number of nitrogens with two attached hydrogens (primary N) is 1. The van der Waals surface area contributed by atoms with Gasteiger partial charge in [0.05, 0.1) is 4.99 Å². The molecule has 17 heavy (non-hydrogen) atoms. The Morgan fingerprint density at radius 1 is 1.29 bits per heavy atom. The molecule has 1 unspecified atom stereocenters. The summed E-state index contributed by atoms with van der Waals surface area (Å²) in [6, 6.07) is -0.0614. The van der Waals surface area contributed by atoms with E-state index >= 15 is 0 Å². The lowest BCUT2D eigenvalue weighted by Crippen LogP contribution is -2.46. The number of hydrogen-bond acceptors (Lipinski definition) is 3. The number of nitrogens with zero attached hydrogens (tertiary/aromatic N) is 1. The van der Waals surface area contributed by atoms with Crippen LogP contribution in [0.3, 0.4) is 0 Å². The van der Waals surface area contributed by atoms with Gasteiger partial charge < -0.3 is 5.73 Å². The molecule has 0 saturated carbocycles. The van der Waals surface area contributed by atoms with Gasteiger partial charge in [-0.15, -0.1) is 0 Å². The Labute approximate surface area is 111 Å². The molecule has 0 aromatic rings. The molecule has 4 nitrogen and oxygen atoms in total. The highest BCUT2D eigenvalue weighted by Gasteiger charge is 2.31. The van der Waals surface area contributed by atoms with E-state index < -0.39 is 15.3 Å². The van der Waals surface area contributed by atoms with Gasteiger partial charge >= 0.3 is 0 Å². The van der Waals surface area contributed by atoms with Crippen LogP contribution in [0.1, 0.15) is 47.0 Å². The van der Waals surface area contributed by atoms with Crippen molar-refractivity contribution in [1.29, 1.82) is 0 Å². The molecule has 1 atom stereocenters. The molecule has 0 aromatic heterocycles. The van der Waals surface area contributed by atoms with Crippen LogP contribution in [0, 0.1) is 0 Å². The van der Waals surface area contributed by atoms with E-state index in [0.717, 1.165) is 19.3 Å². The number of unbranched alkanes of at least 4 members (excludes halogenated alkanes) is 2. The highest BCUT2D eigenvalue weighted by atomic mass is 32.2. The van der Waals surface area contributed by atoms with Crippen LogP contribution in [0.25, 0.3) is 0 Å². The number of sulfonamides is 1. The van der Waals surface area contributed by atoms with Crippen LogP contribution in [0.2, 0.25) is 0 Å². The Morgan fingerprint density at radius 2 is 1.82 bits per heavy atom. The second-order valence-electron chi connectivity index (χ2n) is 4.50. The molecule has 0 saturated heterocycles. The van der Waals surface area contributed by atoms with Gasteiger partial charge in [0.15, 0.2) is 0 Å². The highest BCUT2D eigenvalue weighted by molar-refractivity contribution is 7.92. The molecule has 0 aliphatic heterocycles. The van der Waals surface area contributed by atoms with Crippen LogP contribution < -0.4 is 5.73 Å². The summed E-state index contributed by atoms with van der Waals surface area (Å²) in [6.07, 6.45) is 2.97. The van der Waals surface area contributed by atoms with Gasteiger partial charge in [-0.2, -0.15) is 4.31 Å². The van der Waals surface area contributed by atoms with Crippen LogP contribution in [0.4, 0.5) is 0 Å². The van der Waals surface area contributed by atoms with Crippen LogP contribution in [0.5, 0.6) is 0 Å². The molecule has 0 amide bonds. The SMILES string of the molecule is CCCCCN(C(C)C)S(=O)(=O)C(C)C(N)=S. The first kappa shape index (κ1) is 16.8. The second kappa shape index (κ2) is 7.28. The quantitative estimate of drug-likeness (QED) is 0.545. The summed E-state index contributed by atoms with van der Waals surface area (Å²) in [5, 5.41) is -0.790. The summed E-state index contributed by atoms with van der Waals surface area (Å²) >= 11 is 4.78. The minimum absolute atomic E-state index is 0.0335. The predicted molar refractivity (Wildman–Crippen MR) is 76.5 cm³/mol. The molecule has 102 valence electrons. The maximum absolute atomic E-state index is 12.3. The van der Waals surface area contributed by atoms with Crippen molar-refractivity contribution in [2.45, 2.75) is 58.2 Å². The first-order valence-electron chi connectivity index (χ1n) is 6.05. The van der Waals surface area contributed by atoms with Gasteiger partial charge in [-0.25, -0.2) is 8.42 Å². The number of thiocarbonyl (C=S) groups is 1. The van der Waals surface area contributed by atoms with Crippen molar-refractivity contribution in [3.63, 3.8) is 0 Å². The molecule has 0 fully saturated rings. The van der Waals surface area contributed by atoms with E-state index in [1.54, 1.807) is 6.92 Å². The van der Waals surface area contributed by atoms with Crippen LogP contribution in [-0.4, -0.2) is 35.5 Å². The molecule has 0 aliphatic rings. The average Bonchev–Trinajstić information content (AvgIpc) is 2.22. The maximum Gasteiger partial charge on any atom is 0.223 e. The monoisotopic (exact) mass is 280 g/mol. The van der Waals surface area contributed by atoms with E-state index in [9.17, 15) is 8.42 Å². The van der Waals surface area contributed by atoms with Gasteiger partial charge in [-0.3, -0.25) is 0 Å². The van der Waals surface area contributed by atoms with Gasteiger partial charge in [-0.05, 0) is 27.2 Å². The summed E-state index contributed by atoms with van der Waals surface area (Å²) in [5.41, 5.74) is 5.44. The molecule has 0 radical (unpaired) electrons. The largest absolute Gasteiger partial charge is 0.392 e. The van der Waals surface area contributed by atoms with Crippen molar-refractivity contribution in [3.05, 3.63) is 0 Å². The topological polar surface area (TPSA) is 63.4 Å². The first-order chi connectivity index (χ1) is 7.75. The lowest BCUT2D eigenvalue weighted by atomic mass is 10.2. The standard InChI is InChI=1S/C11H24N2O2S2/c1-5-6-7-8-13(9(2)3)17(14,15)10(4)11(12)16/h9-10H,5-8H2,1-4H3,(H2,12,16). The van der Waals surface area contributed by atoms with Gasteiger partial charge in [0.1, 0.15) is 5.25 Å². The van der Waals surface area contributed by atoms with Crippen molar-refractivity contribution in [1.82, 2.24) is 4.31 Å². The van der Waals surface area contributed by atoms with E-state index in [2.05, 4.69) is 6.92 Å². The lowest BCUT2D eigenvalue weighted by molar-refractivity contribution is 0.344. The number of rotatable bonds is 8. The summed E-state index contributed by atoms with van der Waals surface area (Å²) in [7, 11) is -3.41. The summed E-state index contributed by atoms with van der Waals surface area (Å²) in [4.78, 5) is 0.0335. The Kier molecular flexibility index (Phi) is 7.20. The zero-order valence-corrected chi connectivity index (χ0v) is 12.8. The summed E-state index contributed by atoms with van der Waals surface area (Å²) in [6.45, 7) is 7.92. The second-order valence-corrected chi connectivity index (χ2v) is 7.18. The van der Waals surface area contributed by atoms with Crippen molar-refractivity contribution >= 4 is 27.2 Å². The minimum atomic E-state index is -3.41. The normalized spacial score (nSPS) is 14.2. The van der Waals surface area contributed by atoms with Crippen molar-refractivity contribution in [3.8, 4) is 0 Å². The Balaban J connectivity index is 4.86. The van der Waals surface area contributed by atoms with E-state index in [1.807, 2.05) is 13.8 Å². The fourth-order valence-corrected chi connectivity index (χ4v) is 3.58. The fraction of sp³-hybridized carbons (Fsp3) is 0.909. The van der Waals surface area contributed by atoms with E-state index in [1.165, 1.54) is 4.31 Å². The van der Waals surface area contributed by atoms with Crippen LogP contribution in [0.15, 0.2) is 0 Å². The maximum atomic E-state index is 12.3. The van der Waals surface area contributed by atoms with Crippen molar-refractivity contribution < 1.29 is 8.42 Å². The van der Waals surface area contributed by atoms with E-state index in [-0.39, 0.29) is 11.0 Å². The van der Waals surface area contributed by atoms with E-state index in [0.29, 0.717) is 6.54 Å². The molecule has 6 heteroatoms. The smallest absolute Gasteiger partial charge is 0.223 e. The molecule has 0 aliphatic carbocycles. The van der Waals surface area contributed by atoms with Crippen LogP contribution in [-0.2, 0) is 10.0 Å². The highest BCUT2D eigenvalue weighted by Crippen LogP contribution is 2.15. The number of hydrogen-bond donors (Lipinski definition) is 1. The summed E-state index contributed by atoms with van der Waals surface area (Å²) < 4.78 is 26.0. The zero-order chi connectivity index (χ0) is 13.6.